The van der Waals surface area contributed by atoms with Gasteiger partial charge >= 0.3 is 0 Å². The third-order valence-corrected chi connectivity index (χ3v) is 5.78. The molecule has 0 saturated carbocycles. The fourth-order valence-electron chi connectivity index (χ4n) is 2.36. The molecule has 1 aliphatic heterocycles. The van der Waals surface area contributed by atoms with Gasteiger partial charge in [0.1, 0.15) is 0 Å². The number of rotatable bonds is 5. The topological polar surface area (TPSA) is 102 Å². The van der Waals surface area contributed by atoms with Crippen LogP contribution in [-0.2, 0) is 14.8 Å². The number of hydrogen-bond donors (Lipinski definition) is 2. The number of carbonyl (C=O) groups excluding carboxylic acids is 1. The van der Waals surface area contributed by atoms with E-state index >= 15 is 0 Å². The summed E-state index contributed by atoms with van der Waals surface area (Å²) in [5, 5.41) is 2.72. The second-order valence-corrected chi connectivity index (χ2v) is 8.57. The molecule has 8 heteroatoms. The molecule has 1 heterocycles. The highest BCUT2D eigenvalue weighted by molar-refractivity contribution is 7.89. The van der Waals surface area contributed by atoms with Crippen LogP contribution in [0.5, 0.6) is 0 Å². The lowest BCUT2D eigenvalue weighted by Crippen LogP contribution is -2.45. The molecule has 1 saturated heterocycles. The molecule has 134 valence electrons. The fraction of sp³-hybridized carbons (Fsp3) is 0.562. The number of morpholine rings is 1. The number of nitrogens with zero attached hydrogens (tertiary/aromatic N) is 1. The highest BCUT2D eigenvalue weighted by atomic mass is 32.2. The van der Waals surface area contributed by atoms with Crippen molar-refractivity contribution in [2.45, 2.75) is 31.2 Å². The molecule has 24 heavy (non-hydrogen) atoms. The molecule has 0 aromatic heterocycles. The second-order valence-electron chi connectivity index (χ2n) is 6.67. The molecule has 1 fully saturated rings. The summed E-state index contributed by atoms with van der Waals surface area (Å²) in [6, 6.07) is 4.70. The SMILES string of the molecule is Cc1ccc(C(=O)NCC(C)(C)N)cc1S(=O)(=O)N1CCOCC1. The second kappa shape index (κ2) is 7.18. The van der Waals surface area contributed by atoms with Gasteiger partial charge in [0.05, 0.1) is 18.1 Å². The van der Waals surface area contributed by atoms with E-state index in [1.54, 1.807) is 32.9 Å². The van der Waals surface area contributed by atoms with Gasteiger partial charge in [-0.1, -0.05) is 6.07 Å². The lowest BCUT2D eigenvalue weighted by Gasteiger charge is -2.27. The third-order valence-electron chi connectivity index (χ3n) is 3.74. The number of nitrogens with one attached hydrogen (secondary N) is 1. The Morgan fingerprint density at radius 2 is 1.96 bits per heavy atom. The van der Waals surface area contributed by atoms with E-state index in [2.05, 4.69) is 5.32 Å². The lowest BCUT2D eigenvalue weighted by atomic mass is 10.1. The predicted octanol–water partition coefficient (Wildman–Crippen LogP) is 0.483. The number of aryl methyl sites for hydroxylation is 1. The number of nitrogens with two attached hydrogens (primary N) is 1. The standard InChI is InChI=1S/C16H25N3O4S/c1-12-4-5-13(15(20)18-11-16(2,3)17)10-14(12)24(21,22)19-6-8-23-9-7-19/h4-5,10H,6-9,11,17H2,1-3H3,(H,18,20). The summed E-state index contributed by atoms with van der Waals surface area (Å²) >= 11 is 0. The van der Waals surface area contributed by atoms with E-state index in [1.807, 2.05) is 0 Å². The lowest BCUT2D eigenvalue weighted by molar-refractivity contribution is 0.0730. The Bertz CT molecular complexity index is 705. The Kier molecular flexibility index (Phi) is 5.64. The van der Waals surface area contributed by atoms with Crippen LogP contribution in [0.4, 0.5) is 0 Å². The van der Waals surface area contributed by atoms with Crippen LogP contribution in [0.15, 0.2) is 23.1 Å². The molecule has 0 atom stereocenters. The summed E-state index contributed by atoms with van der Waals surface area (Å²) in [5.74, 6) is -0.341. The highest BCUT2D eigenvalue weighted by Crippen LogP contribution is 2.22. The molecule has 1 aromatic rings. The zero-order chi connectivity index (χ0) is 18.0. The van der Waals surface area contributed by atoms with Gasteiger partial charge in [-0.25, -0.2) is 8.42 Å². The van der Waals surface area contributed by atoms with Crippen molar-refractivity contribution in [1.82, 2.24) is 9.62 Å². The van der Waals surface area contributed by atoms with Crippen LogP contribution in [0.2, 0.25) is 0 Å². The van der Waals surface area contributed by atoms with Crippen molar-refractivity contribution < 1.29 is 17.9 Å². The minimum absolute atomic E-state index is 0.157. The summed E-state index contributed by atoms with van der Waals surface area (Å²) in [4.78, 5) is 12.4. The maximum atomic E-state index is 12.8. The van der Waals surface area contributed by atoms with E-state index in [-0.39, 0.29) is 10.8 Å². The molecule has 1 aromatic carbocycles. The summed E-state index contributed by atoms with van der Waals surface area (Å²) in [5.41, 5.74) is 6.23. The molecule has 0 bridgehead atoms. The maximum Gasteiger partial charge on any atom is 0.251 e. The van der Waals surface area contributed by atoms with E-state index < -0.39 is 15.6 Å². The van der Waals surface area contributed by atoms with Gasteiger partial charge in [0, 0.05) is 30.7 Å². The van der Waals surface area contributed by atoms with Gasteiger partial charge < -0.3 is 15.8 Å². The molecule has 0 spiro atoms. The minimum atomic E-state index is -3.64. The molecule has 1 aliphatic rings. The number of sulfonamides is 1. The molecule has 0 unspecified atom stereocenters. The minimum Gasteiger partial charge on any atom is -0.379 e. The molecule has 3 N–H and O–H groups in total. The van der Waals surface area contributed by atoms with Crippen LogP contribution in [0.25, 0.3) is 0 Å². The number of ether oxygens (including phenoxy) is 1. The normalized spacial score (nSPS) is 16.8. The summed E-state index contributed by atoms with van der Waals surface area (Å²) in [7, 11) is -3.64. The average molecular weight is 355 g/mol. The van der Waals surface area contributed by atoms with Crippen molar-refractivity contribution in [3.8, 4) is 0 Å². The largest absolute Gasteiger partial charge is 0.379 e. The van der Waals surface area contributed by atoms with Gasteiger partial charge in [0.2, 0.25) is 10.0 Å². The van der Waals surface area contributed by atoms with Crippen molar-refractivity contribution >= 4 is 15.9 Å². The van der Waals surface area contributed by atoms with Crippen LogP contribution in [0, 0.1) is 6.92 Å². The van der Waals surface area contributed by atoms with Gasteiger partial charge in [0.15, 0.2) is 0 Å². The van der Waals surface area contributed by atoms with Crippen molar-refractivity contribution in [3.63, 3.8) is 0 Å². The molecule has 0 radical (unpaired) electrons. The van der Waals surface area contributed by atoms with E-state index in [0.717, 1.165) is 0 Å². The highest BCUT2D eigenvalue weighted by Gasteiger charge is 2.28. The van der Waals surface area contributed by atoms with Crippen LogP contribution < -0.4 is 11.1 Å². The number of carbonyl (C=O) groups is 1. The first kappa shape index (κ1) is 18.9. The fourth-order valence-corrected chi connectivity index (χ4v) is 4.01. The van der Waals surface area contributed by atoms with E-state index in [1.165, 1.54) is 10.4 Å². The Balaban J connectivity index is 2.26. The van der Waals surface area contributed by atoms with Crippen LogP contribution in [0.3, 0.4) is 0 Å². The Morgan fingerprint density at radius 3 is 2.54 bits per heavy atom. The average Bonchev–Trinajstić information content (AvgIpc) is 2.53. The molecular weight excluding hydrogens is 330 g/mol. The monoisotopic (exact) mass is 355 g/mol. The third kappa shape index (κ3) is 4.54. The van der Waals surface area contributed by atoms with Crippen molar-refractivity contribution in [2.24, 2.45) is 5.73 Å². The number of hydrogen-bond acceptors (Lipinski definition) is 5. The Hall–Kier alpha value is -1.48. The number of amides is 1. The van der Waals surface area contributed by atoms with Gasteiger partial charge in [-0.2, -0.15) is 4.31 Å². The summed E-state index contributed by atoms with van der Waals surface area (Å²) < 4.78 is 32.2. The molecular formula is C16H25N3O4S. The van der Waals surface area contributed by atoms with E-state index in [0.29, 0.717) is 44.0 Å². The predicted molar refractivity (Wildman–Crippen MR) is 91.4 cm³/mol. The zero-order valence-corrected chi connectivity index (χ0v) is 15.1. The maximum absolute atomic E-state index is 12.8. The smallest absolute Gasteiger partial charge is 0.251 e. The van der Waals surface area contributed by atoms with Crippen LogP contribution >= 0.6 is 0 Å². The molecule has 2 rings (SSSR count). The zero-order valence-electron chi connectivity index (χ0n) is 14.3. The van der Waals surface area contributed by atoms with E-state index in [9.17, 15) is 13.2 Å². The number of benzene rings is 1. The molecule has 1 amide bonds. The summed E-state index contributed by atoms with van der Waals surface area (Å²) in [6.45, 7) is 7.02. The molecule has 0 aliphatic carbocycles. The van der Waals surface area contributed by atoms with Crippen molar-refractivity contribution in [2.75, 3.05) is 32.8 Å². The Labute approximate surface area is 143 Å². The summed E-state index contributed by atoms with van der Waals surface area (Å²) in [6.07, 6.45) is 0. The van der Waals surface area contributed by atoms with Gasteiger partial charge in [0.25, 0.3) is 5.91 Å². The van der Waals surface area contributed by atoms with Crippen LogP contribution in [-0.4, -0.2) is 57.0 Å². The van der Waals surface area contributed by atoms with Gasteiger partial charge in [-0.15, -0.1) is 0 Å². The van der Waals surface area contributed by atoms with Gasteiger partial charge in [-0.05, 0) is 38.5 Å². The van der Waals surface area contributed by atoms with Gasteiger partial charge in [-0.3, -0.25) is 4.79 Å². The first-order valence-corrected chi connectivity index (χ1v) is 9.31. The quantitative estimate of drug-likeness (QED) is 0.800. The van der Waals surface area contributed by atoms with Crippen LogP contribution in [0.1, 0.15) is 29.8 Å². The Morgan fingerprint density at radius 1 is 1.33 bits per heavy atom. The van der Waals surface area contributed by atoms with E-state index in [4.69, 9.17) is 10.5 Å². The molecule has 7 nitrogen and oxygen atoms in total. The van der Waals surface area contributed by atoms with Crippen molar-refractivity contribution in [1.29, 1.82) is 0 Å². The first-order valence-electron chi connectivity index (χ1n) is 7.87. The van der Waals surface area contributed by atoms with Crippen molar-refractivity contribution in [3.05, 3.63) is 29.3 Å². The first-order chi connectivity index (χ1) is 11.1.